The molecule has 1 N–H and O–H groups in total. The highest BCUT2D eigenvalue weighted by molar-refractivity contribution is 5.95. The molecule has 0 aliphatic rings. The van der Waals surface area contributed by atoms with Crippen molar-refractivity contribution in [3.8, 4) is 11.5 Å². The zero-order chi connectivity index (χ0) is 16.8. The Morgan fingerprint density at radius 3 is 2.26 bits per heavy atom. The first-order valence-electron chi connectivity index (χ1n) is 7.17. The summed E-state index contributed by atoms with van der Waals surface area (Å²) in [5.41, 5.74) is 6.17. The molecule has 0 aliphatic heterocycles. The number of hydrogen-bond donors (Lipinski definition) is 1. The summed E-state index contributed by atoms with van der Waals surface area (Å²) in [6.07, 6.45) is 1.63. The molecule has 0 aliphatic carbocycles. The molecular formula is C18H20N2O3. The summed E-state index contributed by atoms with van der Waals surface area (Å²) in [5, 5.41) is 4.01. The average molecular weight is 312 g/mol. The highest BCUT2D eigenvalue weighted by Crippen LogP contribution is 2.22. The van der Waals surface area contributed by atoms with Gasteiger partial charge in [0.1, 0.15) is 11.5 Å². The lowest BCUT2D eigenvalue weighted by atomic mass is 10.1. The fraction of sp³-hybridized carbons (Fsp3) is 0.222. The number of ether oxygens (including phenoxy) is 2. The molecule has 2 rings (SSSR count). The van der Waals surface area contributed by atoms with E-state index in [1.54, 1.807) is 24.4 Å². The highest BCUT2D eigenvalue weighted by Gasteiger charge is 2.09. The number of rotatable bonds is 5. The van der Waals surface area contributed by atoms with E-state index >= 15 is 0 Å². The monoisotopic (exact) mass is 312 g/mol. The second-order valence-corrected chi connectivity index (χ2v) is 5.16. The second-order valence-electron chi connectivity index (χ2n) is 5.16. The minimum atomic E-state index is -0.330. The van der Waals surface area contributed by atoms with Gasteiger partial charge in [0.05, 0.1) is 20.4 Å². The predicted molar refractivity (Wildman–Crippen MR) is 90.5 cm³/mol. The maximum atomic E-state index is 12.2. The predicted octanol–water partition coefficient (Wildman–Crippen LogP) is 3.08. The molecule has 0 bridgehead atoms. The number of amides is 1. The summed E-state index contributed by atoms with van der Waals surface area (Å²) in [6, 6.07) is 11.0. The second kappa shape index (κ2) is 7.45. The van der Waals surface area contributed by atoms with E-state index in [-0.39, 0.29) is 5.91 Å². The fourth-order valence-corrected chi connectivity index (χ4v) is 2.13. The standard InChI is InChI=1S/C18H20N2O3/c1-12-5-6-14(13(2)7-12)11-19-20-18(21)15-8-16(22-3)10-17(9-15)23-4/h5-11H,1-4H3,(H,20,21)/b19-11+. The summed E-state index contributed by atoms with van der Waals surface area (Å²) in [4.78, 5) is 12.2. The van der Waals surface area contributed by atoms with Crippen molar-refractivity contribution in [3.05, 3.63) is 58.7 Å². The van der Waals surface area contributed by atoms with Gasteiger partial charge in [0.15, 0.2) is 0 Å². The molecule has 0 fully saturated rings. The van der Waals surface area contributed by atoms with Crippen molar-refractivity contribution >= 4 is 12.1 Å². The van der Waals surface area contributed by atoms with Gasteiger partial charge in [-0.05, 0) is 37.1 Å². The molecule has 2 aromatic rings. The topological polar surface area (TPSA) is 59.9 Å². The van der Waals surface area contributed by atoms with Crippen LogP contribution in [0.15, 0.2) is 41.5 Å². The third kappa shape index (κ3) is 4.32. The molecule has 23 heavy (non-hydrogen) atoms. The van der Waals surface area contributed by atoms with Gasteiger partial charge in [-0.3, -0.25) is 4.79 Å². The lowest BCUT2D eigenvalue weighted by molar-refractivity contribution is 0.0954. The normalized spacial score (nSPS) is 10.6. The number of aryl methyl sites for hydroxylation is 2. The van der Waals surface area contributed by atoms with Gasteiger partial charge >= 0.3 is 0 Å². The Hall–Kier alpha value is -2.82. The Bertz CT molecular complexity index is 717. The molecule has 120 valence electrons. The van der Waals surface area contributed by atoms with Crippen molar-refractivity contribution in [2.75, 3.05) is 14.2 Å². The fourth-order valence-electron chi connectivity index (χ4n) is 2.13. The lowest BCUT2D eigenvalue weighted by Crippen LogP contribution is -2.17. The summed E-state index contributed by atoms with van der Waals surface area (Å²) in [6.45, 7) is 4.04. The lowest BCUT2D eigenvalue weighted by Gasteiger charge is -2.07. The van der Waals surface area contributed by atoms with E-state index in [4.69, 9.17) is 9.47 Å². The number of hydrazone groups is 1. The van der Waals surface area contributed by atoms with Crippen LogP contribution in [0.5, 0.6) is 11.5 Å². The Labute approximate surface area is 135 Å². The van der Waals surface area contributed by atoms with Crippen molar-refractivity contribution < 1.29 is 14.3 Å². The van der Waals surface area contributed by atoms with Crippen molar-refractivity contribution in [2.45, 2.75) is 13.8 Å². The maximum Gasteiger partial charge on any atom is 0.271 e. The third-order valence-corrected chi connectivity index (χ3v) is 3.41. The minimum absolute atomic E-state index is 0.330. The van der Waals surface area contributed by atoms with Crippen LogP contribution in [0.3, 0.4) is 0 Å². The average Bonchev–Trinajstić information content (AvgIpc) is 2.56. The van der Waals surface area contributed by atoms with Crippen molar-refractivity contribution in [1.29, 1.82) is 0 Å². The SMILES string of the molecule is COc1cc(OC)cc(C(=O)N/N=C/c2ccc(C)cc2C)c1. The first-order valence-corrected chi connectivity index (χ1v) is 7.17. The summed E-state index contributed by atoms with van der Waals surface area (Å²) in [7, 11) is 3.07. The van der Waals surface area contributed by atoms with Gasteiger partial charge < -0.3 is 9.47 Å². The van der Waals surface area contributed by atoms with Crippen LogP contribution in [0, 0.1) is 13.8 Å². The zero-order valence-electron chi connectivity index (χ0n) is 13.7. The molecule has 1 amide bonds. The molecule has 0 heterocycles. The van der Waals surface area contributed by atoms with Crippen LogP contribution < -0.4 is 14.9 Å². The molecule has 0 aromatic heterocycles. The van der Waals surface area contributed by atoms with Crippen molar-refractivity contribution in [3.63, 3.8) is 0 Å². The van der Waals surface area contributed by atoms with Crippen LogP contribution in [0.1, 0.15) is 27.0 Å². The number of nitrogens with one attached hydrogen (secondary N) is 1. The molecule has 5 nitrogen and oxygen atoms in total. The Morgan fingerprint density at radius 2 is 1.70 bits per heavy atom. The Balaban J connectivity index is 2.11. The number of nitrogens with zero attached hydrogens (tertiary/aromatic N) is 1. The minimum Gasteiger partial charge on any atom is -0.497 e. The zero-order valence-corrected chi connectivity index (χ0v) is 13.7. The van der Waals surface area contributed by atoms with Crippen LogP contribution >= 0.6 is 0 Å². The van der Waals surface area contributed by atoms with Gasteiger partial charge in [-0.15, -0.1) is 0 Å². The van der Waals surface area contributed by atoms with E-state index in [2.05, 4.69) is 16.6 Å². The van der Waals surface area contributed by atoms with E-state index in [0.717, 1.165) is 11.1 Å². The van der Waals surface area contributed by atoms with Crippen LogP contribution in [-0.4, -0.2) is 26.3 Å². The first kappa shape index (κ1) is 16.5. The van der Waals surface area contributed by atoms with Gasteiger partial charge in [-0.2, -0.15) is 5.10 Å². The molecule has 0 saturated carbocycles. The number of methoxy groups -OCH3 is 2. The van der Waals surface area contributed by atoms with Crippen LogP contribution in [-0.2, 0) is 0 Å². The van der Waals surface area contributed by atoms with E-state index in [1.807, 2.05) is 26.0 Å². The van der Waals surface area contributed by atoms with Gasteiger partial charge in [0.2, 0.25) is 0 Å². The molecule has 0 spiro atoms. The quantitative estimate of drug-likeness (QED) is 0.682. The van der Waals surface area contributed by atoms with E-state index in [0.29, 0.717) is 17.1 Å². The number of hydrogen-bond acceptors (Lipinski definition) is 4. The first-order chi connectivity index (χ1) is 11.0. The molecular weight excluding hydrogens is 292 g/mol. The largest absolute Gasteiger partial charge is 0.497 e. The highest BCUT2D eigenvalue weighted by atomic mass is 16.5. The van der Waals surface area contributed by atoms with E-state index < -0.39 is 0 Å². The Morgan fingerprint density at radius 1 is 1.04 bits per heavy atom. The van der Waals surface area contributed by atoms with Gasteiger partial charge in [-0.1, -0.05) is 23.8 Å². The molecule has 0 saturated heterocycles. The van der Waals surface area contributed by atoms with Crippen LogP contribution in [0.2, 0.25) is 0 Å². The maximum absolute atomic E-state index is 12.2. The van der Waals surface area contributed by atoms with Crippen LogP contribution in [0.4, 0.5) is 0 Å². The molecule has 0 radical (unpaired) electrons. The van der Waals surface area contributed by atoms with E-state index in [9.17, 15) is 4.79 Å². The molecule has 0 atom stereocenters. The Kier molecular flexibility index (Phi) is 5.36. The van der Waals surface area contributed by atoms with Crippen molar-refractivity contribution in [2.24, 2.45) is 5.10 Å². The van der Waals surface area contributed by atoms with Crippen molar-refractivity contribution in [1.82, 2.24) is 5.43 Å². The molecule has 0 unspecified atom stereocenters. The van der Waals surface area contributed by atoms with E-state index in [1.165, 1.54) is 19.8 Å². The smallest absolute Gasteiger partial charge is 0.271 e. The van der Waals surface area contributed by atoms with Gasteiger partial charge in [-0.25, -0.2) is 5.43 Å². The third-order valence-electron chi connectivity index (χ3n) is 3.41. The number of carbonyl (C=O) groups is 1. The summed E-state index contributed by atoms with van der Waals surface area (Å²) < 4.78 is 10.3. The van der Waals surface area contributed by atoms with Gasteiger partial charge in [0.25, 0.3) is 5.91 Å². The number of benzene rings is 2. The van der Waals surface area contributed by atoms with Crippen LogP contribution in [0.25, 0.3) is 0 Å². The summed E-state index contributed by atoms with van der Waals surface area (Å²) in [5.74, 6) is 0.768. The molecule has 5 heteroatoms. The molecule has 2 aromatic carbocycles. The van der Waals surface area contributed by atoms with Gasteiger partial charge in [0, 0.05) is 11.6 Å². The summed E-state index contributed by atoms with van der Waals surface area (Å²) >= 11 is 0. The number of carbonyl (C=O) groups excluding carboxylic acids is 1.